The Morgan fingerprint density at radius 3 is 2.83 bits per heavy atom. The number of benzene rings is 1. The average Bonchev–Trinajstić information content (AvgIpc) is 3.17. The first-order chi connectivity index (χ1) is 14.5. The lowest BCUT2D eigenvalue weighted by Crippen LogP contribution is -2.34. The van der Waals surface area contributed by atoms with Crippen LogP contribution in [0.3, 0.4) is 0 Å². The van der Waals surface area contributed by atoms with Crippen molar-refractivity contribution >= 4 is 39.4 Å². The van der Waals surface area contributed by atoms with E-state index in [1.165, 1.54) is 0 Å². The van der Waals surface area contributed by atoms with Crippen molar-refractivity contribution in [2.24, 2.45) is 0 Å². The van der Waals surface area contributed by atoms with Gasteiger partial charge in [0.25, 0.3) is 0 Å². The van der Waals surface area contributed by atoms with E-state index in [1.807, 2.05) is 19.1 Å². The largest absolute Gasteiger partial charge is 0.461 e. The molecular weight excluding hydrogens is 470 g/mol. The Morgan fingerprint density at radius 2 is 2.07 bits per heavy atom. The molecule has 0 saturated carbocycles. The summed E-state index contributed by atoms with van der Waals surface area (Å²) in [6.07, 6.45) is 2.07. The number of ketones is 1. The highest BCUT2D eigenvalue weighted by Gasteiger charge is 2.40. The standard InChI is InChI=1S/C22H24BrNO5S/c1-3-30-8-7-27-22(26)19-12(2)24-15-5-4-6-16(25)21(15)20(19)13-9-17-18(10-14(13)23)29-11-28-17/h9-10,20,24H,3-8,11H2,1-2H3. The Labute approximate surface area is 188 Å². The maximum absolute atomic E-state index is 13.1. The molecule has 1 N–H and O–H groups in total. The molecule has 0 fully saturated rings. The van der Waals surface area contributed by atoms with Gasteiger partial charge in [-0.15, -0.1) is 0 Å². The Morgan fingerprint density at radius 1 is 1.30 bits per heavy atom. The van der Waals surface area contributed by atoms with E-state index in [1.54, 1.807) is 11.8 Å². The van der Waals surface area contributed by atoms with Crippen LogP contribution in [0.2, 0.25) is 0 Å². The molecule has 3 aliphatic rings. The van der Waals surface area contributed by atoms with Crippen molar-refractivity contribution in [3.63, 3.8) is 0 Å². The number of Topliss-reactive ketones (excluding diaryl/α,β-unsaturated/α-hetero) is 1. The third-order valence-corrected chi connectivity index (χ3v) is 7.01. The van der Waals surface area contributed by atoms with Crippen LogP contribution in [-0.4, -0.2) is 36.7 Å². The molecule has 0 aromatic heterocycles. The third kappa shape index (κ3) is 3.99. The number of allylic oxidation sites excluding steroid dienone is 3. The van der Waals surface area contributed by atoms with Crippen LogP contribution in [0, 0.1) is 0 Å². The van der Waals surface area contributed by atoms with Crippen LogP contribution in [0.5, 0.6) is 11.5 Å². The van der Waals surface area contributed by atoms with Crippen molar-refractivity contribution < 1.29 is 23.8 Å². The number of dihydropyridines is 1. The van der Waals surface area contributed by atoms with Crippen LogP contribution in [0.25, 0.3) is 0 Å². The number of thioether (sulfide) groups is 1. The van der Waals surface area contributed by atoms with Crippen LogP contribution < -0.4 is 14.8 Å². The SMILES string of the molecule is CCSCCOC(=O)C1=C(C)NC2=C(C(=O)CCC2)C1c1cc2c(cc1Br)OCO2. The maximum atomic E-state index is 13.1. The van der Waals surface area contributed by atoms with Gasteiger partial charge in [-0.05, 0) is 43.2 Å². The minimum absolute atomic E-state index is 0.0673. The van der Waals surface area contributed by atoms with Gasteiger partial charge in [-0.25, -0.2) is 4.79 Å². The highest BCUT2D eigenvalue weighted by atomic mass is 79.9. The number of carbonyl (C=O) groups is 2. The summed E-state index contributed by atoms with van der Waals surface area (Å²) in [5, 5.41) is 3.31. The molecule has 2 heterocycles. The molecule has 1 aliphatic carbocycles. The lowest BCUT2D eigenvalue weighted by Gasteiger charge is -2.34. The van der Waals surface area contributed by atoms with Gasteiger partial charge in [0.2, 0.25) is 6.79 Å². The minimum Gasteiger partial charge on any atom is -0.461 e. The zero-order chi connectivity index (χ0) is 21.3. The topological polar surface area (TPSA) is 73.9 Å². The fourth-order valence-electron chi connectivity index (χ4n) is 4.13. The lowest BCUT2D eigenvalue weighted by molar-refractivity contribution is -0.138. The van der Waals surface area contributed by atoms with E-state index in [0.717, 1.165) is 45.8 Å². The van der Waals surface area contributed by atoms with Crippen molar-refractivity contribution in [1.29, 1.82) is 0 Å². The Kier molecular flexibility index (Phi) is 6.43. The average molecular weight is 494 g/mol. The number of ether oxygens (including phenoxy) is 3. The molecule has 0 amide bonds. The maximum Gasteiger partial charge on any atom is 0.336 e. The van der Waals surface area contributed by atoms with Gasteiger partial charge in [0.15, 0.2) is 17.3 Å². The molecule has 1 aromatic carbocycles. The van der Waals surface area contributed by atoms with Crippen LogP contribution in [0.1, 0.15) is 44.6 Å². The highest BCUT2D eigenvalue weighted by Crippen LogP contribution is 2.48. The summed E-state index contributed by atoms with van der Waals surface area (Å²) in [6.45, 7) is 4.43. The van der Waals surface area contributed by atoms with Gasteiger partial charge in [-0.3, -0.25) is 4.79 Å². The molecule has 6 nitrogen and oxygen atoms in total. The number of esters is 1. The number of fused-ring (bicyclic) bond motifs is 1. The molecule has 30 heavy (non-hydrogen) atoms. The monoisotopic (exact) mass is 493 g/mol. The minimum atomic E-state index is -0.510. The second-order valence-electron chi connectivity index (χ2n) is 7.33. The van der Waals surface area contributed by atoms with E-state index in [0.29, 0.717) is 35.7 Å². The van der Waals surface area contributed by atoms with Gasteiger partial charge in [0.05, 0.1) is 5.57 Å². The first-order valence-corrected chi connectivity index (χ1v) is 12.0. The number of rotatable bonds is 6. The van der Waals surface area contributed by atoms with Gasteiger partial charge in [0, 0.05) is 39.5 Å². The molecular formula is C22H24BrNO5S. The number of nitrogens with one attached hydrogen (secondary N) is 1. The van der Waals surface area contributed by atoms with Gasteiger partial charge >= 0.3 is 5.97 Å². The molecule has 0 saturated heterocycles. The van der Waals surface area contributed by atoms with Crippen LogP contribution >= 0.6 is 27.7 Å². The number of halogens is 1. The van der Waals surface area contributed by atoms with Gasteiger partial charge in [-0.2, -0.15) is 11.8 Å². The molecule has 2 aliphatic heterocycles. The molecule has 4 rings (SSSR count). The fraction of sp³-hybridized carbons (Fsp3) is 0.455. The summed E-state index contributed by atoms with van der Waals surface area (Å²) in [5.41, 5.74) is 3.56. The second-order valence-corrected chi connectivity index (χ2v) is 9.57. The zero-order valence-corrected chi connectivity index (χ0v) is 19.4. The Balaban J connectivity index is 1.77. The molecule has 8 heteroatoms. The van der Waals surface area contributed by atoms with E-state index >= 15 is 0 Å². The zero-order valence-electron chi connectivity index (χ0n) is 17.0. The van der Waals surface area contributed by atoms with E-state index in [-0.39, 0.29) is 12.6 Å². The first kappa shape index (κ1) is 21.3. The van der Waals surface area contributed by atoms with Crippen LogP contribution in [-0.2, 0) is 14.3 Å². The molecule has 1 atom stereocenters. The normalized spacial score (nSPS) is 20.2. The third-order valence-electron chi connectivity index (χ3n) is 5.46. The lowest BCUT2D eigenvalue weighted by atomic mass is 9.75. The van der Waals surface area contributed by atoms with E-state index < -0.39 is 11.9 Å². The van der Waals surface area contributed by atoms with E-state index in [9.17, 15) is 9.59 Å². The summed E-state index contributed by atoms with van der Waals surface area (Å²) in [6, 6.07) is 3.70. The first-order valence-electron chi connectivity index (χ1n) is 10.1. The van der Waals surface area contributed by atoms with E-state index in [2.05, 4.69) is 28.2 Å². The van der Waals surface area contributed by atoms with Crippen molar-refractivity contribution in [3.05, 3.63) is 44.7 Å². The molecule has 0 radical (unpaired) electrons. The predicted molar refractivity (Wildman–Crippen MR) is 119 cm³/mol. The fourth-order valence-corrected chi connectivity index (χ4v) is 5.18. The van der Waals surface area contributed by atoms with Gasteiger partial charge < -0.3 is 19.5 Å². The summed E-state index contributed by atoms with van der Waals surface area (Å²) >= 11 is 5.34. The molecule has 1 aromatic rings. The number of hydrogen-bond acceptors (Lipinski definition) is 7. The second kappa shape index (κ2) is 9.06. The van der Waals surface area contributed by atoms with Crippen molar-refractivity contribution in [1.82, 2.24) is 5.32 Å². The molecule has 160 valence electrons. The summed E-state index contributed by atoms with van der Waals surface area (Å²) in [4.78, 5) is 26.1. The van der Waals surface area contributed by atoms with Crippen LogP contribution in [0.4, 0.5) is 0 Å². The predicted octanol–water partition coefficient (Wildman–Crippen LogP) is 4.44. The molecule has 0 spiro atoms. The van der Waals surface area contributed by atoms with Crippen molar-refractivity contribution in [2.45, 2.75) is 39.0 Å². The van der Waals surface area contributed by atoms with Crippen molar-refractivity contribution in [3.8, 4) is 11.5 Å². The highest BCUT2D eigenvalue weighted by molar-refractivity contribution is 9.10. The Bertz CT molecular complexity index is 955. The van der Waals surface area contributed by atoms with Crippen LogP contribution in [0.15, 0.2) is 39.1 Å². The van der Waals surface area contributed by atoms with E-state index in [4.69, 9.17) is 14.2 Å². The number of hydrogen-bond donors (Lipinski definition) is 1. The summed E-state index contributed by atoms with van der Waals surface area (Å²) in [5.74, 6) is 2.14. The van der Waals surface area contributed by atoms with Gasteiger partial charge in [0.1, 0.15) is 6.61 Å². The Hall–Kier alpha value is -1.93. The quantitative estimate of drug-likeness (QED) is 0.463. The molecule has 1 unspecified atom stereocenters. The van der Waals surface area contributed by atoms with Gasteiger partial charge in [-0.1, -0.05) is 22.9 Å². The summed E-state index contributed by atoms with van der Waals surface area (Å²) < 4.78 is 17.4. The van der Waals surface area contributed by atoms with Crippen molar-refractivity contribution in [2.75, 3.05) is 24.9 Å². The molecule has 0 bridgehead atoms. The summed E-state index contributed by atoms with van der Waals surface area (Å²) in [7, 11) is 0. The smallest absolute Gasteiger partial charge is 0.336 e. The number of carbonyl (C=O) groups excluding carboxylic acids is 2.